The normalized spacial score (nSPS) is 42.9. The molecule has 0 aromatic heterocycles. The SMILES string of the molecule is C#CCO[C@@]1(C)C[C@@H](C)C2=NC(C)(C)C(C)(C)N3C(=O)O[C@](C)([C@@H](CC)OC(=O)[C@@](C)(F)C(=O)[C@H](C)[C@H]1O[C@@H]1O[C@H](C)C[C@H](N(C)C)[C@H]1OC)[C@H]3[C@H]2C.C#CCO[C@@]1(C)C[C@@H](C)C2=NC(C)(C)C(C)(C)N3C(=O)O[C@](C)([C@@H](CC)OC(=O)[C@H](C)C(=O)[C@H](C)[C@H]1O[C@@H]1O[C@H](C)C[C@H](N(C)C)[C@H]1OC)[C@H]3[C@H]2C. The first-order chi connectivity index (χ1) is 48.4. The lowest BCUT2D eigenvalue weighted by molar-refractivity contribution is -0.300. The van der Waals surface area contributed by atoms with Crippen LogP contribution in [0, 0.1) is 66.1 Å². The Hall–Kier alpha value is -5.19. The topological polar surface area (TPSA) is 251 Å². The fourth-order valence-corrected chi connectivity index (χ4v) is 18.6. The van der Waals surface area contributed by atoms with Gasteiger partial charge in [0.05, 0.1) is 69.9 Å². The Morgan fingerprint density at radius 1 is 0.552 bits per heavy atom. The molecule has 8 heterocycles. The van der Waals surface area contributed by atoms with E-state index in [1.807, 2.05) is 137 Å². The van der Waals surface area contributed by atoms with Crippen LogP contribution in [0.15, 0.2) is 9.98 Å². The Morgan fingerprint density at radius 3 is 1.26 bits per heavy atom. The maximum Gasteiger partial charge on any atom is 0.411 e. The summed E-state index contributed by atoms with van der Waals surface area (Å²) in [5, 5.41) is 0. The highest BCUT2D eigenvalue weighted by molar-refractivity contribution is 6.08. The summed E-state index contributed by atoms with van der Waals surface area (Å²) < 4.78 is 93.3. The van der Waals surface area contributed by atoms with Gasteiger partial charge in [0.2, 0.25) is 0 Å². The van der Waals surface area contributed by atoms with Crippen molar-refractivity contribution in [3.8, 4) is 24.7 Å². The number of fused-ring (bicyclic) bond motifs is 2. The number of terminal acetylenes is 2. The zero-order valence-electron chi connectivity index (χ0n) is 68.8. The molecular formula is C80H129FN6O18. The third-order valence-electron chi connectivity index (χ3n) is 25.8. The zero-order valence-corrected chi connectivity index (χ0v) is 68.8. The number of likely N-dealkylation sites (N-methyl/N-ethyl adjacent to an activating group) is 2. The van der Waals surface area contributed by atoms with Crippen molar-refractivity contribution >= 4 is 47.1 Å². The van der Waals surface area contributed by atoms with Gasteiger partial charge in [-0.15, -0.1) is 12.8 Å². The highest BCUT2D eigenvalue weighted by atomic mass is 19.1. The van der Waals surface area contributed by atoms with Gasteiger partial charge < -0.3 is 66.6 Å². The van der Waals surface area contributed by atoms with Crippen LogP contribution in [0.3, 0.4) is 0 Å². The molecule has 2 amide bonds. The zero-order chi connectivity index (χ0) is 79.5. The molecule has 4 bridgehead atoms. The van der Waals surface area contributed by atoms with E-state index >= 15 is 4.39 Å². The van der Waals surface area contributed by atoms with Gasteiger partial charge in [-0.25, -0.2) is 18.8 Å². The van der Waals surface area contributed by atoms with Crippen molar-refractivity contribution in [3.05, 3.63) is 0 Å². The lowest BCUT2D eigenvalue weighted by Gasteiger charge is -2.48. The molecule has 594 valence electrons. The molecule has 25 heteroatoms. The van der Waals surface area contributed by atoms with Crippen LogP contribution in [0.5, 0.6) is 0 Å². The smallest absolute Gasteiger partial charge is 0.411 e. The molecule has 0 aromatic rings. The van der Waals surface area contributed by atoms with E-state index in [1.165, 1.54) is 6.92 Å². The molecule has 105 heavy (non-hydrogen) atoms. The third-order valence-corrected chi connectivity index (χ3v) is 25.8. The van der Waals surface area contributed by atoms with Crippen LogP contribution in [-0.4, -0.2) is 258 Å². The van der Waals surface area contributed by atoms with Crippen molar-refractivity contribution < 1.29 is 90.0 Å². The summed E-state index contributed by atoms with van der Waals surface area (Å²) in [4.78, 5) is 103. The molecule has 6 saturated heterocycles. The highest BCUT2D eigenvalue weighted by Crippen LogP contribution is 2.53. The lowest BCUT2D eigenvalue weighted by Crippen LogP contribution is -2.64. The van der Waals surface area contributed by atoms with Gasteiger partial charge >= 0.3 is 24.1 Å². The predicted octanol–water partition coefficient (Wildman–Crippen LogP) is 10.7. The van der Waals surface area contributed by atoms with Crippen LogP contribution in [-0.2, 0) is 76.0 Å². The van der Waals surface area contributed by atoms with Crippen LogP contribution >= 0.6 is 0 Å². The average molecular weight is 1480 g/mol. The van der Waals surface area contributed by atoms with Gasteiger partial charge in [0, 0.05) is 61.4 Å². The number of aliphatic imine (C=N–C) groups is 2. The first-order valence-corrected chi connectivity index (χ1v) is 38.0. The molecule has 0 aliphatic carbocycles. The minimum atomic E-state index is -3.12. The van der Waals surface area contributed by atoms with Gasteiger partial charge in [-0.3, -0.25) is 34.2 Å². The molecule has 0 aromatic carbocycles. The number of cyclic esters (lactones) is 2. The fraction of sp³-hybridized carbons (Fsp3) is 0.850. The number of halogens is 1. The van der Waals surface area contributed by atoms with E-state index in [9.17, 15) is 28.8 Å². The number of rotatable bonds is 14. The molecule has 24 nitrogen and oxygen atoms in total. The van der Waals surface area contributed by atoms with Gasteiger partial charge in [-0.1, -0.05) is 67.2 Å². The molecule has 8 rings (SSSR count). The minimum absolute atomic E-state index is 0.0275. The van der Waals surface area contributed by atoms with E-state index in [4.69, 9.17) is 79.7 Å². The van der Waals surface area contributed by atoms with Gasteiger partial charge in [-0.05, 0) is 189 Å². The first kappa shape index (κ1) is 87.0. The number of amides is 2. The van der Waals surface area contributed by atoms with Crippen molar-refractivity contribution in [2.75, 3.05) is 55.6 Å². The van der Waals surface area contributed by atoms with Crippen molar-refractivity contribution in [3.63, 3.8) is 0 Å². The molecular weight excluding hydrogens is 1350 g/mol. The standard InChI is InChI=1S/C40H64FN3O9.C40H65N3O9/c1-17-19-49-38(11)21-22(3)28-24(5)30-40(13,53-35(47)44(30)37(9,10)36(7,8)42-28)27(18-2)51-34(46)39(12,41)31(45)25(6)32(38)52-33-29(48-16)26(43(14)15)20-23(4)50-33;1-17-19-48-39(12)21-22(3)29-24(5)32-40(13,52-36(46)43(32)38(10,11)37(8,9)41-29)28(18-2)50-34(45)26(7)30(44)25(6)33(39)51-35-31(47-16)27(42(14)15)20-23(4)49-35/h1,22-27,29-30,32-33H,18-21H2,2-16H3;1,22-28,31-33,35H,18-21H2,2-16H3/t22-,23-,24+,25+,26+,27-,29-,30-,32-,33+,38+,39+,40-;22-,23-,24+,25+,26-,27+,28-,31-,32-,33-,35+,39+,40-/m11/s1. The maximum atomic E-state index is 17.0. The Bertz CT molecular complexity index is 3320. The van der Waals surface area contributed by atoms with Crippen LogP contribution in [0.25, 0.3) is 0 Å². The predicted molar refractivity (Wildman–Crippen MR) is 396 cm³/mol. The Balaban J connectivity index is 0.000000293. The third kappa shape index (κ3) is 16.0. The van der Waals surface area contributed by atoms with Crippen molar-refractivity contribution in [1.29, 1.82) is 0 Å². The van der Waals surface area contributed by atoms with Gasteiger partial charge in [0.15, 0.2) is 35.3 Å². The van der Waals surface area contributed by atoms with Gasteiger partial charge in [0.25, 0.3) is 5.67 Å². The lowest BCUT2D eigenvalue weighted by atomic mass is 9.72. The van der Waals surface area contributed by atoms with Gasteiger partial charge in [-0.2, -0.15) is 0 Å². The van der Waals surface area contributed by atoms with E-state index < -0.39 is 165 Å². The molecule has 8 aliphatic rings. The summed E-state index contributed by atoms with van der Waals surface area (Å²) in [6.07, 6.45) is 5.61. The van der Waals surface area contributed by atoms with Gasteiger partial charge in [0.1, 0.15) is 43.5 Å². The summed E-state index contributed by atoms with van der Waals surface area (Å²) in [5.41, 5.74) is -9.92. The van der Waals surface area contributed by atoms with E-state index in [2.05, 4.69) is 30.6 Å². The number of hydrogen-bond acceptors (Lipinski definition) is 22. The number of ketones is 2. The maximum absolute atomic E-state index is 17.0. The number of methoxy groups -OCH3 is 2. The second-order valence-electron chi connectivity index (χ2n) is 34.8. The second kappa shape index (κ2) is 32.0. The largest absolute Gasteiger partial charge is 0.458 e. The Labute approximate surface area is 626 Å². The number of nitrogens with zero attached hydrogens (tertiary/aromatic N) is 6. The summed E-state index contributed by atoms with van der Waals surface area (Å²) >= 11 is 0. The first-order valence-electron chi connectivity index (χ1n) is 38.0. The number of esters is 2. The quantitative estimate of drug-likeness (QED) is 0.0678. The molecule has 0 saturated carbocycles. The highest BCUT2D eigenvalue weighted by Gasteiger charge is 2.69. The number of carbonyl (C=O) groups is 6. The summed E-state index contributed by atoms with van der Waals surface area (Å²) in [7, 11) is 11.1. The summed E-state index contributed by atoms with van der Waals surface area (Å²) in [6, 6.07) is -1.36. The van der Waals surface area contributed by atoms with E-state index in [1.54, 1.807) is 58.6 Å². The van der Waals surface area contributed by atoms with Crippen LogP contribution in [0.4, 0.5) is 14.0 Å². The molecule has 8 aliphatic heterocycles. The summed E-state index contributed by atoms with van der Waals surface area (Å²) in [6.45, 7) is 44.4. The van der Waals surface area contributed by atoms with E-state index in [0.29, 0.717) is 19.3 Å². The van der Waals surface area contributed by atoms with Crippen LogP contribution in [0.1, 0.15) is 205 Å². The Kier molecular flexibility index (Phi) is 26.5. The molecule has 26 atom stereocenters. The molecule has 0 N–H and O–H groups in total. The van der Waals surface area contributed by atoms with Crippen LogP contribution < -0.4 is 0 Å². The average Bonchev–Trinajstić information content (AvgIpc) is 1.56. The fourth-order valence-electron chi connectivity index (χ4n) is 18.6. The van der Waals surface area contributed by atoms with Crippen molar-refractivity contribution in [1.82, 2.24) is 19.6 Å². The molecule has 6 fully saturated rings. The number of hydrogen-bond donors (Lipinski definition) is 0. The minimum Gasteiger partial charge on any atom is -0.458 e. The summed E-state index contributed by atoms with van der Waals surface area (Å²) in [5.74, 6) is -3.03. The number of alkyl halides is 1. The van der Waals surface area contributed by atoms with Crippen molar-refractivity contribution in [2.24, 2.45) is 51.4 Å². The molecule has 0 unspecified atom stereocenters. The van der Waals surface area contributed by atoms with Crippen LogP contribution in [0.2, 0.25) is 0 Å². The second-order valence-corrected chi connectivity index (χ2v) is 34.8. The van der Waals surface area contributed by atoms with Crippen molar-refractivity contribution in [2.45, 2.75) is 341 Å². The Morgan fingerprint density at radius 2 is 0.914 bits per heavy atom. The number of ether oxygens (including phenoxy) is 12. The number of Topliss-reactive ketones (excluding diaryl/α,β-unsaturated/α-hetero) is 2. The molecule has 0 spiro atoms. The number of carbonyl (C=O) groups excluding carboxylic acids is 6. The molecule has 0 radical (unpaired) electrons. The van der Waals surface area contributed by atoms with E-state index in [-0.39, 0.29) is 73.9 Å². The van der Waals surface area contributed by atoms with E-state index in [0.717, 1.165) is 24.8 Å². The monoisotopic (exact) mass is 1480 g/mol.